The molecule has 7 heteroatoms. The molecule has 3 heterocycles. The lowest BCUT2D eigenvalue weighted by Crippen LogP contribution is -2.24. The third-order valence-electron chi connectivity index (χ3n) is 4.07. The SMILES string of the molecule is Cn1ccnc1Cn1c(=S)[nH]c2sc3c(c2c1=O)CCC3. The van der Waals surface area contributed by atoms with Crippen molar-refractivity contribution in [2.24, 2.45) is 7.05 Å². The lowest BCUT2D eigenvalue weighted by Gasteiger charge is -2.07. The quantitative estimate of drug-likeness (QED) is 0.738. The Morgan fingerprint density at radius 2 is 2.33 bits per heavy atom. The molecule has 3 aromatic heterocycles. The Labute approximate surface area is 129 Å². The molecule has 0 radical (unpaired) electrons. The van der Waals surface area contributed by atoms with Gasteiger partial charge in [0.05, 0.1) is 11.9 Å². The minimum Gasteiger partial charge on any atom is -0.337 e. The van der Waals surface area contributed by atoms with E-state index in [-0.39, 0.29) is 5.56 Å². The average Bonchev–Trinajstić information content (AvgIpc) is 3.10. The molecule has 1 aliphatic carbocycles. The summed E-state index contributed by atoms with van der Waals surface area (Å²) >= 11 is 7.05. The summed E-state index contributed by atoms with van der Waals surface area (Å²) in [6.07, 6.45) is 6.82. The minimum absolute atomic E-state index is 0.0103. The van der Waals surface area contributed by atoms with E-state index in [0.29, 0.717) is 11.3 Å². The van der Waals surface area contributed by atoms with E-state index in [1.165, 1.54) is 10.4 Å². The number of nitrogens with one attached hydrogen (secondary N) is 1. The van der Waals surface area contributed by atoms with E-state index in [1.807, 2.05) is 17.8 Å². The predicted octanol–water partition coefficient (Wildman–Crippen LogP) is 2.39. The molecule has 0 amide bonds. The number of aromatic amines is 1. The second-order valence-corrected chi connectivity index (χ2v) is 6.83. The van der Waals surface area contributed by atoms with Gasteiger partial charge in [-0.1, -0.05) is 0 Å². The Balaban J connectivity index is 1.95. The summed E-state index contributed by atoms with van der Waals surface area (Å²) in [6, 6.07) is 0. The number of nitrogens with zero attached hydrogens (tertiary/aromatic N) is 3. The van der Waals surface area contributed by atoms with E-state index in [9.17, 15) is 4.79 Å². The number of fused-ring (bicyclic) bond motifs is 3. The Bertz CT molecular complexity index is 960. The number of thiophene rings is 1. The van der Waals surface area contributed by atoms with Gasteiger partial charge in [0.15, 0.2) is 4.77 Å². The Kier molecular flexibility index (Phi) is 2.87. The van der Waals surface area contributed by atoms with Gasteiger partial charge in [-0.05, 0) is 37.0 Å². The molecule has 5 nitrogen and oxygen atoms in total. The molecule has 0 bridgehead atoms. The maximum absolute atomic E-state index is 12.9. The normalized spacial score (nSPS) is 14.0. The summed E-state index contributed by atoms with van der Waals surface area (Å²) in [5, 5.41) is 0.829. The van der Waals surface area contributed by atoms with Gasteiger partial charge >= 0.3 is 0 Å². The molecule has 0 fully saturated rings. The van der Waals surface area contributed by atoms with Gasteiger partial charge in [0.1, 0.15) is 10.7 Å². The molecule has 1 N–H and O–H groups in total. The zero-order chi connectivity index (χ0) is 14.6. The fourth-order valence-corrected chi connectivity index (χ4v) is 4.54. The van der Waals surface area contributed by atoms with E-state index in [4.69, 9.17) is 12.2 Å². The van der Waals surface area contributed by atoms with Crippen LogP contribution in [0.2, 0.25) is 0 Å². The topological polar surface area (TPSA) is 55.6 Å². The van der Waals surface area contributed by atoms with Gasteiger partial charge in [-0.15, -0.1) is 11.3 Å². The molecule has 21 heavy (non-hydrogen) atoms. The molecule has 0 aliphatic heterocycles. The summed E-state index contributed by atoms with van der Waals surface area (Å²) in [7, 11) is 1.92. The molecular formula is C14H14N4OS2. The summed E-state index contributed by atoms with van der Waals surface area (Å²) < 4.78 is 3.99. The highest BCUT2D eigenvalue weighted by molar-refractivity contribution is 7.71. The number of aromatic nitrogens is 4. The van der Waals surface area contributed by atoms with Crippen LogP contribution in [-0.4, -0.2) is 19.1 Å². The molecule has 0 atom stereocenters. The van der Waals surface area contributed by atoms with Crippen LogP contribution in [-0.2, 0) is 26.4 Å². The summed E-state index contributed by atoms with van der Waals surface area (Å²) in [6.45, 7) is 0.401. The first-order chi connectivity index (χ1) is 10.1. The van der Waals surface area contributed by atoms with E-state index in [0.717, 1.165) is 35.3 Å². The van der Waals surface area contributed by atoms with Crippen LogP contribution in [0.15, 0.2) is 17.2 Å². The first-order valence-electron chi connectivity index (χ1n) is 6.88. The van der Waals surface area contributed by atoms with Crippen molar-refractivity contribution in [2.75, 3.05) is 0 Å². The van der Waals surface area contributed by atoms with Crippen molar-refractivity contribution in [3.8, 4) is 0 Å². The number of hydrogen-bond donors (Lipinski definition) is 1. The number of imidazole rings is 1. The first kappa shape index (κ1) is 13.0. The second-order valence-electron chi connectivity index (χ2n) is 5.34. The average molecular weight is 318 g/mol. The molecule has 0 spiro atoms. The molecule has 4 rings (SSSR count). The monoisotopic (exact) mass is 318 g/mol. The van der Waals surface area contributed by atoms with E-state index >= 15 is 0 Å². The first-order valence-corrected chi connectivity index (χ1v) is 8.11. The third kappa shape index (κ3) is 1.91. The summed E-state index contributed by atoms with van der Waals surface area (Å²) in [5.74, 6) is 0.822. The van der Waals surface area contributed by atoms with Gasteiger partial charge in [-0.3, -0.25) is 9.36 Å². The van der Waals surface area contributed by atoms with E-state index < -0.39 is 0 Å². The van der Waals surface area contributed by atoms with Gasteiger partial charge in [0.25, 0.3) is 5.56 Å². The van der Waals surface area contributed by atoms with Crippen LogP contribution in [0, 0.1) is 4.77 Å². The maximum Gasteiger partial charge on any atom is 0.263 e. The lowest BCUT2D eigenvalue weighted by molar-refractivity contribution is 0.664. The molecule has 3 aromatic rings. The zero-order valence-corrected chi connectivity index (χ0v) is 13.2. The fourth-order valence-electron chi connectivity index (χ4n) is 2.94. The third-order valence-corrected chi connectivity index (χ3v) is 5.60. The molecule has 0 saturated carbocycles. The summed E-state index contributed by atoms with van der Waals surface area (Å²) in [4.78, 5) is 22.6. The van der Waals surface area contributed by atoms with Crippen molar-refractivity contribution in [2.45, 2.75) is 25.8 Å². The number of rotatable bonds is 2. The largest absolute Gasteiger partial charge is 0.337 e. The van der Waals surface area contributed by atoms with Gasteiger partial charge in [0.2, 0.25) is 0 Å². The van der Waals surface area contributed by atoms with Gasteiger partial charge < -0.3 is 9.55 Å². The van der Waals surface area contributed by atoms with Crippen molar-refractivity contribution >= 4 is 33.8 Å². The van der Waals surface area contributed by atoms with Crippen molar-refractivity contribution in [1.29, 1.82) is 0 Å². The van der Waals surface area contributed by atoms with Crippen LogP contribution in [0.5, 0.6) is 0 Å². The second kappa shape index (κ2) is 4.64. The summed E-state index contributed by atoms with van der Waals surface area (Å²) in [5.41, 5.74) is 1.23. The molecule has 108 valence electrons. The predicted molar refractivity (Wildman–Crippen MR) is 85.6 cm³/mol. The van der Waals surface area contributed by atoms with Crippen molar-refractivity contribution in [1.82, 2.24) is 19.1 Å². The molecule has 1 aliphatic rings. The van der Waals surface area contributed by atoms with Crippen LogP contribution >= 0.6 is 23.6 Å². The van der Waals surface area contributed by atoms with Gasteiger partial charge in [0, 0.05) is 24.3 Å². The lowest BCUT2D eigenvalue weighted by atomic mass is 10.2. The minimum atomic E-state index is 0.0103. The van der Waals surface area contributed by atoms with E-state index in [1.54, 1.807) is 22.1 Å². The van der Waals surface area contributed by atoms with E-state index in [2.05, 4.69) is 9.97 Å². The number of H-pyrrole nitrogens is 1. The molecule has 0 unspecified atom stereocenters. The van der Waals surface area contributed by atoms with Crippen molar-refractivity contribution in [3.05, 3.63) is 43.8 Å². The highest BCUT2D eigenvalue weighted by Crippen LogP contribution is 2.34. The highest BCUT2D eigenvalue weighted by Gasteiger charge is 2.21. The number of hydrogen-bond acceptors (Lipinski definition) is 4. The van der Waals surface area contributed by atoms with Crippen LogP contribution in [0.25, 0.3) is 10.2 Å². The Morgan fingerprint density at radius 3 is 3.10 bits per heavy atom. The van der Waals surface area contributed by atoms with Crippen LogP contribution < -0.4 is 5.56 Å². The molecule has 0 aromatic carbocycles. The van der Waals surface area contributed by atoms with Crippen molar-refractivity contribution in [3.63, 3.8) is 0 Å². The smallest absolute Gasteiger partial charge is 0.263 e. The van der Waals surface area contributed by atoms with Crippen LogP contribution in [0.3, 0.4) is 0 Å². The van der Waals surface area contributed by atoms with Crippen LogP contribution in [0.1, 0.15) is 22.7 Å². The van der Waals surface area contributed by atoms with Crippen LogP contribution in [0.4, 0.5) is 0 Å². The van der Waals surface area contributed by atoms with Gasteiger partial charge in [-0.25, -0.2) is 4.98 Å². The standard InChI is InChI=1S/C14H14N4OS2/c1-17-6-5-15-10(17)7-18-13(19)11-8-3-2-4-9(8)21-12(11)16-14(18)20/h5-6H,2-4,7H2,1H3,(H,16,20). The Hall–Kier alpha value is -1.73. The molecular weight excluding hydrogens is 304 g/mol. The number of aryl methyl sites for hydroxylation is 3. The van der Waals surface area contributed by atoms with Gasteiger partial charge in [-0.2, -0.15) is 0 Å². The molecule has 0 saturated heterocycles. The van der Waals surface area contributed by atoms with Crippen molar-refractivity contribution < 1.29 is 0 Å². The fraction of sp³-hybridized carbons (Fsp3) is 0.357. The zero-order valence-electron chi connectivity index (χ0n) is 11.5. The highest BCUT2D eigenvalue weighted by atomic mass is 32.1. The Morgan fingerprint density at radius 1 is 1.48 bits per heavy atom. The maximum atomic E-state index is 12.9.